The molecule has 1 unspecified atom stereocenters. The molecule has 0 bridgehead atoms. The Morgan fingerprint density at radius 1 is 1.39 bits per heavy atom. The summed E-state index contributed by atoms with van der Waals surface area (Å²) in [6.45, 7) is 4.72. The minimum absolute atomic E-state index is 0.0658. The molecule has 1 heterocycles. The predicted molar refractivity (Wildman–Crippen MR) is 84.5 cm³/mol. The van der Waals surface area contributed by atoms with Crippen molar-refractivity contribution in [2.45, 2.75) is 37.8 Å². The minimum atomic E-state index is -3.99. The Hall–Kier alpha value is -2.19. The lowest BCUT2D eigenvalue weighted by Crippen LogP contribution is -2.55. The lowest BCUT2D eigenvalue weighted by atomic mass is 10.1. The van der Waals surface area contributed by atoms with E-state index in [1.54, 1.807) is 31.3 Å². The van der Waals surface area contributed by atoms with E-state index in [1.165, 1.54) is 23.9 Å². The molecule has 0 spiro atoms. The monoisotopic (exact) mass is 337 g/mol. The highest BCUT2D eigenvalue weighted by Crippen LogP contribution is 2.20. The number of aliphatic carboxylic acids is 1. The van der Waals surface area contributed by atoms with Crippen LogP contribution in [0.1, 0.15) is 18.1 Å². The standard InChI is InChI=1S/C15H19N3O4S/c1-11-5-6-13(12(2)9-11)23(21,22)17-15(3,14(19)20)10-18-8-4-7-16-18/h4-9,17H,10H2,1-3H3,(H,19,20). The van der Waals surface area contributed by atoms with Crippen LogP contribution >= 0.6 is 0 Å². The van der Waals surface area contributed by atoms with Crippen LogP contribution in [0.2, 0.25) is 0 Å². The molecule has 124 valence electrons. The summed E-state index contributed by atoms with van der Waals surface area (Å²) in [5.41, 5.74) is -0.231. The highest BCUT2D eigenvalue weighted by atomic mass is 32.2. The molecule has 1 aromatic carbocycles. The number of aromatic nitrogens is 2. The average Bonchev–Trinajstić information content (AvgIpc) is 2.89. The Bertz CT molecular complexity index is 815. The van der Waals surface area contributed by atoms with Crippen LogP contribution in [-0.2, 0) is 21.4 Å². The van der Waals surface area contributed by atoms with Gasteiger partial charge in [0.15, 0.2) is 0 Å². The van der Waals surface area contributed by atoms with Crippen molar-refractivity contribution < 1.29 is 18.3 Å². The van der Waals surface area contributed by atoms with Crippen LogP contribution < -0.4 is 4.72 Å². The Morgan fingerprint density at radius 3 is 2.61 bits per heavy atom. The molecule has 0 saturated carbocycles. The number of sulfonamides is 1. The number of rotatable bonds is 6. The van der Waals surface area contributed by atoms with Gasteiger partial charge < -0.3 is 5.11 Å². The molecule has 0 aliphatic heterocycles. The fraction of sp³-hybridized carbons (Fsp3) is 0.333. The van der Waals surface area contributed by atoms with Gasteiger partial charge in [-0.15, -0.1) is 0 Å². The Labute approximate surface area is 135 Å². The number of carbonyl (C=O) groups is 1. The zero-order valence-corrected chi connectivity index (χ0v) is 14.0. The van der Waals surface area contributed by atoms with Crippen LogP contribution in [-0.4, -0.2) is 34.8 Å². The van der Waals surface area contributed by atoms with Crippen LogP contribution in [0.3, 0.4) is 0 Å². The summed E-state index contributed by atoms with van der Waals surface area (Å²) in [5, 5.41) is 13.4. The molecule has 2 rings (SSSR count). The molecule has 0 aliphatic carbocycles. The van der Waals surface area contributed by atoms with E-state index in [2.05, 4.69) is 9.82 Å². The Balaban J connectivity index is 2.37. The van der Waals surface area contributed by atoms with E-state index in [-0.39, 0.29) is 11.4 Å². The highest BCUT2D eigenvalue weighted by molar-refractivity contribution is 7.89. The topological polar surface area (TPSA) is 101 Å². The van der Waals surface area contributed by atoms with E-state index in [1.807, 2.05) is 6.92 Å². The van der Waals surface area contributed by atoms with Crippen LogP contribution in [0.5, 0.6) is 0 Å². The van der Waals surface area contributed by atoms with Crippen LogP contribution in [0, 0.1) is 13.8 Å². The van der Waals surface area contributed by atoms with Gasteiger partial charge in [-0.3, -0.25) is 9.48 Å². The van der Waals surface area contributed by atoms with Crippen molar-refractivity contribution in [3.63, 3.8) is 0 Å². The van der Waals surface area contributed by atoms with Crippen molar-refractivity contribution >= 4 is 16.0 Å². The Kier molecular flexibility index (Phi) is 4.58. The van der Waals surface area contributed by atoms with Crippen LogP contribution in [0.4, 0.5) is 0 Å². The number of benzene rings is 1. The molecule has 2 N–H and O–H groups in total. The normalized spacial score (nSPS) is 14.4. The summed E-state index contributed by atoms with van der Waals surface area (Å²) in [6, 6.07) is 6.53. The van der Waals surface area contributed by atoms with Gasteiger partial charge in [-0.1, -0.05) is 17.7 Å². The molecule has 0 radical (unpaired) electrons. The van der Waals surface area contributed by atoms with Gasteiger partial charge in [0.05, 0.1) is 11.4 Å². The SMILES string of the molecule is Cc1ccc(S(=O)(=O)NC(C)(Cn2cccn2)C(=O)O)c(C)c1. The van der Waals surface area contributed by atoms with E-state index in [9.17, 15) is 18.3 Å². The van der Waals surface area contributed by atoms with Crippen molar-refractivity contribution in [3.8, 4) is 0 Å². The Morgan fingerprint density at radius 2 is 2.09 bits per heavy atom. The molecule has 1 atom stereocenters. The molecule has 0 amide bonds. The van der Waals surface area contributed by atoms with Gasteiger partial charge in [-0.05, 0) is 38.5 Å². The smallest absolute Gasteiger partial charge is 0.326 e. The summed E-state index contributed by atoms with van der Waals surface area (Å²) < 4.78 is 28.9. The second-order valence-electron chi connectivity index (χ2n) is 5.72. The maximum atomic E-state index is 12.6. The lowest BCUT2D eigenvalue weighted by molar-refractivity contribution is -0.144. The van der Waals surface area contributed by atoms with Gasteiger partial charge >= 0.3 is 5.97 Å². The summed E-state index contributed by atoms with van der Waals surface area (Å²) >= 11 is 0. The number of carboxylic acid groups (broad SMARTS) is 1. The number of aryl methyl sites for hydroxylation is 2. The van der Waals surface area contributed by atoms with Crippen molar-refractivity contribution in [1.82, 2.24) is 14.5 Å². The molecule has 0 saturated heterocycles. The average molecular weight is 337 g/mol. The van der Waals surface area contributed by atoms with Crippen molar-refractivity contribution in [1.29, 1.82) is 0 Å². The summed E-state index contributed by atoms with van der Waals surface area (Å²) in [5.74, 6) is -1.28. The molecule has 0 aliphatic rings. The number of nitrogens with zero attached hydrogens (tertiary/aromatic N) is 2. The zero-order chi connectivity index (χ0) is 17.3. The first kappa shape index (κ1) is 17.2. The first-order chi connectivity index (χ1) is 10.6. The van der Waals surface area contributed by atoms with Gasteiger partial charge in [-0.25, -0.2) is 8.42 Å². The van der Waals surface area contributed by atoms with E-state index < -0.39 is 21.5 Å². The number of nitrogens with one attached hydrogen (secondary N) is 1. The molecule has 7 nitrogen and oxygen atoms in total. The third-order valence-corrected chi connectivity index (χ3v) is 5.25. The van der Waals surface area contributed by atoms with Crippen molar-refractivity contribution in [2.75, 3.05) is 0 Å². The molecule has 23 heavy (non-hydrogen) atoms. The second-order valence-corrected chi connectivity index (χ2v) is 7.37. The van der Waals surface area contributed by atoms with Crippen LogP contribution in [0.25, 0.3) is 0 Å². The predicted octanol–water partition coefficient (Wildman–Crippen LogP) is 1.32. The second kappa shape index (κ2) is 6.13. The number of hydrogen-bond donors (Lipinski definition) is 2. The quantitative estimate of drug-likeness (QED) is 0.828. The zero-order valence-electron chi connectivity index (χ0n) is 13.1. The van der Waals surface area contributed by atoms with E-state index in [0.717, 1.165) is 5.56 Å². The van der Waals surface area contributed by atoms with Crippen molar-refractivity contribution in [3.05, 3.63) is 47.8 Å². The van der Waals surface area contributed by atoms with Gasteiger partial charge in [0.1, 0.15) is 5.54 Å². The highest BCUT2D eigenvalue weighted by Gasteiger charge is 2.39. The van der Waals surface area contributed by atoms with Gasteiger partial charge in [-0.2, -0.15) is 9.82 Å². The first-order valence-corrected chi connectivity index (χ1v) is 8.44. The molecule has 1 aromatic heterocycles. The number of hydrogen-bond acceptors (Lipinski definition) is 4. The van der Waals surface area contributed by atoms with Gasteiger partial charge in [0.2, 0.25) is 10.0 Å². The first-order valence-electron chi connectivity index (χ1n) is 6.96. The molecule has 8 heteroatoms. The largest absolute Gasteiger partial charge is 0.480 e. The summed E-state index contributed by atoms with van der Waals surface area (Å²) in [6.07, 6.45) is 3.08. The van der Waals surface area contributed by atoms with Gasteiger partial charge in [0.25, 0.3) is 0 Å². The summed E-state index contributed by atoms with van der Waals surface area (Å²) in [4.78, 5) is 11.7. The number of carboxylic acids is 1. The lowest BCUT2D eigenvalue weighted by Gasteiger charge is -2.26. The third kappa shape index (κ3) is 3.77. The molecular weight excluding hydrogens is 318 g/mol. The summed E-state index contributed by atoms with van der Waals surface area (Å²) in [7, 11) is -3.99. The molecular formula is C15H19N3O4S. The molecule has 2 aromatic rings. The van der Waals surface area contributed by atoms with Crippen molar-refractivity contribution in [2.24, 2.45) is 0 Å². The third-order valence-electron chi connectivity index (χ3n) is 3.49. The van der Waals surface area contributed by atoms with E-state index in [4.69, 9.17) is 0 Å². The van der Waals surface area contributed by atoms with E-state index >= 15 is 0 Å². The van der Waals surface area contributed by atoms with Crippen LogP contribution in [0.15, 0.2) is 41.6 Å². The fourth-order valence-electron chi connectivity index (χ4n) is 2.31. The fourth-order valence-corrected chi connectivity index (χ4v) is 3.90. The maximum Gasteiger partial charge on any atom is 0.326 e. The maximum absolute atomic E-state index is 12.6. The minimum Gasteiger partial charge on any atom is -0.480 e. The van der Waals surface area contributed by atoms with Gasteiger partial charge in [0, 0.05) is 12.4 Å². The van der Waals surface area contributed by atoms with E-state index in [0.29, 0.717) is 5.56 Å². The molecule has 0 fully saturated rings.